The molecule has 0 radical (unpaired) electrons. The molecule has 0 unspecified atom stereocenters. The monoisotopic (exact) mass is 441 g/mol. The first-order valence-electron chi connectivity index (χ1n) is 11.1. The highest BCUT2D eigenvalue weighted by Gasteiger charge is 2.34. The minimum atomic E-state index is -3.48. The van der Waals surface area contributed by atoms with Crippen molar-refractivity contribution < 1.29 is 13.2 Å². The van der Waals surface area contributed by atoms with E-state index in [4.69, 9.17) is 0 Å². The molecule has 2 aromatic rings. The Balaban J connectivity index is 1.30. The minimum Gasteiger partial charge on any atom is -0.341 e. The Hall–Kier alpha value is -2.22. The zero-order valence-electron chi connectivity index (χ0n) is 17.9. The average molecular weight is 442 g/mol. The van der Waals surface area contributed by atoms with Gasteiger partial charge in [-0.3, -0.25) is 9.69 Å². The Morgan fingerprint density at radius 3 is 2.13 bits per heavy atom. The number of piperidine rings is 1. The van der Waals surface area contributed by atoms with Gasteiger partial charge >= 0.3 is 0 Å². The van der Waals surface area contributed by atoms with Crippen LogP contribution in [-0.4, -0.2) is 67.7 Å². The molecule has 0 saturated carbocycles. The molecule has 2 aromatic carbocycles. The first-order valence-corrected chi connectivity index (χ1v) is 12.6. The van der Waals surface area contributed by atoms with Crippen molar-refractivity contribution in [3.05, 3.63) is 66.2 Å². The SMILES string of the molecule is O=C(C1CCN(S(=O)(=O)c2ccccc2)CC1)N1CCCN(Cc2ccccc2)CC1. The maximum Gasteiger partial charge on any atom is 0.243 e. The fraction of sp³-hybridized carbons (Fsp3) is 0.458. The summed E-state index contributed by atoms with van der Waals surface area (Å²) in [5.74, 6) is 0.112. The number of hydrogen-bond donors (Lipinski definition) is 0. The van der Waals surface area contributed by atoms with Crippen molar-refractivity contribution in [1.29, 1.82) is 0 Å². The van der Waals surface area contributed by atoms with Crippen LogP contribution < -0.4 is 0 Å². The van der Waals surface area contributed by atoms with Gasteiger partial charge in [0.1, 0.15) is 0 Å². The van der Waals surface area contributed by atoms with Gasteiger partial charge in [0.05, 0.1) is 4.90 Å². The summed E-state index contributed by atoms with van der Waals surface area (Å²) in [5.41, 5.74) is 1.30. The molecular formula is C24H31N3O3S. The Bertz CT molecular complexity index is 958. The molecule has 0 bridgehead atoms. The third kappa shape index (κ3) is 5.34. The smallest absolute Gasteiger partial charge is 0.243 e. The van der Waals surface area contributed by atoms with Crippen LogP contribution in [0.3, 0.4) is 0 Å². The van der Waals surface area contributed by atoms with Crippen LogP contribution in [0.25, 0.3) is 0 Å². The van der Waals surface area contributed by atoms with Crippen molar-refractivity contribution in [3.8, 4) is 0 Å². The molecule has 2 heterocycles. The fourth-order valence-electron chi connectivity index (χ4n) is 4.53. The second kappa shape index (κ2) is 9.94. The minimum absolute atomic E-state index is 0.0807. The van der Waals surface area contributed by atoms with Crippen molar-refractivity contribution in [1.82, 2.24) is 14.1 Å². The Kier molecular flexibility index (Phi) is 7.05. The maximum atomic E-state index is 13.1. The van der Waals surface area contributed by atoms with Crippen molar-refractivity contribution in [3.63, 3.8) is 0 Å². The number of hydrogen-bond acceptors (Lipinski definition) is 4. The Labute approximate surface area is 185 Å². The third-order valence-electron chi connectivity index (χ3n) is 6.33. The second-order valence-corrected chi connectivity index (χ2v) is 10.4. The van der Waals surface area contributed by atoms with Gasteiger partial charge in [-0.15, -0.1) is 0 Å². The lowest BCUT2D eigenvalue weighted by atomic mass is 9.96. The number of carbonyl (C=O) groups excluding carboxylic acids is 1. The summed E-state index contributed by atoms with van der Waals surface area (Å²) >= 11 is 0. The Morgan fingerprint density at radius 1 is 0.806 bits per heavy atom. The summed E-state index contributed by atoms with van der Waals surface area (Å²) in [6.07, 6.45) is 2.16. The van der Waals surface area contributed by atoms with E-state index in [2.05, 4.69) is 29.2 Å². The van der Waals surface area contributed by atoms with Crippen LogP contribution in [0.15, 0.2) is 65.6 Å². The first kappa shape index (κ1) is 22.0. The van der Waals surface area contributed by atoms with E-state index in [0.717, 1.165) is 39.1 Å². The van der Waals surface area contributed by atoms with Crippen LogP contribution in [0, 0.1) is 5.92 Å². The Morgan fingerprint density at radius 2 is 1.45 bits per heavy atom. The van der Waals surface area contributed by atoms with Crippen LogP contribution in [0.4, 0.5) is 0 Å². The molecule has 0 aliphatic carbocycles. The van der Waals surface area contributed by atoms with Crippen molar-refractivity contribution in [2.24, 2.45) is 5.92 Å². The lowest BCUT2D eigenvalue weighted by Gasteiger charge is -2.33. The molecule has 7 heteroatoms. The summed E-state index contributed by atoms with van der Waals surface area (Å²) in [7, 11) is -3.48. The predicted molar refractivity (Wildman–Crippen MR) is 121 cm³/mol. The number of sulfonamides is 1. The van der Waals surface area contributed by atoms with Gasteiger partial charge in [0, 0.05) is 51.7 Å². The van der Waals surface area contributed by atoms with Crippen molar-refractivity contribution in [2.75, 3.05) is 39.3 Å². The van der Waals surface area contributed by atoms with Crippen molar-refractivity contribution >= 4 is 15.9 Å². The van der Waals surface area contributed by atoms with Gasteiger partial charge in [0.25, 0.3) is 0 Å². The van der Waals surface area contributed by atoms with E-state index in [0.29, 0.717) is 30.8 Å². The van der Waals surface area contributed by atoms with Crippen LogP contribution in [0.5, 0.6) is 0 Å². The third-order valence-corrected chi connectivity index (χ3v) is 8.25. The average Bonchev–Trinajstić information content (AvgIpc) is 3.05. The summed E-state index contributed by atoms with van der Waals surface area (Å²) < 4.78 is 27.2. The highest BCUT2D eigenvalue weighted by Crippen LogP contribution is 2.25. The van der Waals surface area contributed by atoms with Gasteiger partial charge in [0.15, 0.2) is 0 Å². The largest absolute Gasteiger partial charge is 0.341 e. The number of benzene rings is 2. The van der Waals surface area contributed by atoms with Gasteiger partial charge in [-0.2, -0.15) is 4.31 Å². The number of amides is 1. The zero-order chi connectivity index (χ0) is 21.7. The lowest BCUT2D eigenvalue weighted by molar-refractivity contribution is -0.136. The lowest BCUT2D eigenvalue weighted by Crippen LogP contribution is -2.45. The normalized spacial score (nSPS) is 19.8. The molecule has 1 amide bonds. The molecule has 0 aromatic heterocycles. The molecule has 0 atom stereocenters. The molecule has 2 saturated heterocycles. The number of carbonyl (C=O) groups is 1. The topological polar surface area (TPSA) is 60.9 Å². The van der Waals surface area contributed by atoms with Gasteiger partial charge < -0.3 is 4.90 Å². The van der Waals surface area contributed by atoms with Gasteiger partial charge in [-0.1, -0.05) is 48.5 Å². The van der Waals surface area contributed by atoms with Crippen LogP contribution in [0.1, 0.15) is 24.8 Å². The predicted octanol–water partition coefficient (Wildman–Crippen LogP) is 2.82. The molecule has 6 nitrogen and oxygen atoms in total. The van der Waals surface area contributed by atoms with Crippen LogP contribution in [0.2, 0.25) is 0 Å². The van der Waals surface area contributed by atoms with Gasteiger partial charge in [-0.05, 0) is 37.0 Å². The zero-order valence-corrected chi connectivity index (χ0v) is 18.7. The highest BCUT2D eigenvalue weighted by molar-refractivity contribution is 7.89. The summed E-state index contributed by atoms with van der Waals surface area (Å²) in [6.45, 7) is 5.12. The summed E-state index contributed by atoms with van der Waals surface area (Å²) in [4.78, 5) is 17.9. The molecule has 2 fully saturated rings. The van der Waals surface area contributed by atoms with E-state index in [-0.39, 0.29) is 11.8 Å². The van der Waals surface area contributed by atoms with Crippen molar-refractivity contribution in [2.45, 2.75) is 30.7 Å². The van der Waals surface area contributed by atoms with E-state index >= 15 is 0 Å². The second-order valence-electron chi connectivity index (χ2n) is 8.43. The molecule has 31 heavy (non-hydrogen) atoms. The molecular weight excluding hydrogens is 410 g/mol. The van der Waals surface area contributed by atoms with Crippen LogP contribution >= 0.6 is 0 Å². The van der Waals surface area contributed by atoms with Gasteiger partial charge in [0.2, 0.25) is 15.9 Å². The molecule has 2 aliphatic heterocycles. The summed E-state index contributed by atoms with van der Waals surface area (Å²) in [5, 5.41) is 0. The number of nitrogens with zero attached hydrogens (tertiary/aromatic N) is 3. The highest BCUT2D eigenvalue weighted by atomic mass is 32.2. The van der Waals surface area contributed by atoms with E-state index in [1.165, 1.54) is 9.87 Å². The van der Waals surface area contributed by atoms with Crippen LogP contribution in [-0.2, 0) is 21.4 Å². The first-order chi connectivity index (χ1) is 15.0. The standard InChI is InChI=1S/C24H31N3O3S/c28-24(26-15-7-14-25(18-19-26)20-21-8-3-1-4-9-21)22-12-16-27(17-13-22)31(29,30)23-10-5-2-6-11-23/h1-6,8-11,22H,7,12-20H2. The van der Waals surface area contributed by atoms with Gasteiger partial charge in [-0.25, -0.2) is 8.42 Å². The molecule has 4 rings (SSSR count). The molecule has 0 N–H and O–H groups in total. The molecule has 166 valence electrons. The quantitative estimate of drug-likeness (QED) is 0.716. The summed E-state index contributed by atoms with van der Waals surface area (Å²) in [6, 6.07) is 19.0. The number of rotatable bonds is 5. The fourth-order valence-corrected chi connectivity index (χ4v) is 6.02. The molecule has 0 spiro atoms. The van der Waals surface area contributed by atoms with E-state index in [9.17, 15) is 13.2 Å². The van der Waals surface area contributed by atoms with E-state index < -0.39 is 10.0 Å². The maximum absolute atomic E-state index is 13.1. The van der Waals surface area contributed by atoms with E-state index in [1.807, 2.05) is 17.0 Å². The molecule has 2 aliphatic rings. The van der Waals surface area contributed by atoms with E-state index in [1.54, 1.807) is 24.3 Å².